The van der Waals surface area contributed by atoms with Crippen LogP contribution in [0, 0.1) is 5.92 Å². The van der Waals surface area contributed by atoms with E-state index in [2.05, 4.69) is 10.9 Å². The van der Waals surface area contributed by atoms with E-state index in [1.807, 2.05) is 42.5 Å². The number of nitrogens with zero attached hydrogens (tertiary/aromatic N) is 1. The zero-order valence-corrected chi connectivity index (χ0v) is 16.9. The molecule has 0 aliphatic carbocycles. The number of carbonyl (C=O) groups excluding carboxylic acids is 3. The molecule has 0 spiro atoms. The third-order valence-electron chi connectivity index (χ3n) is 5.62. The summed E-state index contributed by atoms with van der Waals surface area (Å²) in [6, 6.07) is 19.6. The number of piperidine rings is 1. The summed E-state index contributed by atoms with van der Waals surface area (Å²) in [7, 11) is 0. The molecule has 7 nitrogen and oxygen atoms in total. The van der Waals surface area contributed by atoms with Crippen molar-refractivity contribution in [1.29, 1.82) is 0 Å². The number of fused-ring (bicyclic) bond motifs is 1. The molecule has 0 saturated carbocycles. The van der Waals surface area contributed by atoms with Gasteiger partial charge in [-0.3, -0.25) is 25.2 Å². The van der Waals surface area contributed by atoms with E-state index in [1.54, 1.807) is 17.0 Å². The maximum atomic E-state index is 13.0. The first-order valence-corrected chi connectivity index (χ1v) is 10.2. The molecule has 0 bridgehead atoms. The van der Waals surface area contributed by atoms with Gasteiger partial charge in [-0.25, -0.2) is 0 Å². The van der Waals surface area contributed by atoms with Gasteiger partial charge in [-0.1, -0.05) is 48.5 Å². The van der Waals surface area contributed by atoms with E-state index in [-0.39, 0.29) is 29.0 Å². The third kappa shape index (κ3) is 4.35. The van der Waals surface area contributed by atoms with Gasteiger partial charge in [-0.2, -0.15) is 0 Å². The number of phenolic OH excluding ortho intramolecular Hbond substituents is 1. The zero-order valence-electron chi connectivity index (χ0n) is 16.9. The van der Waals surface area contributed by atoms with Crippen molar-refractivity contribution in [3.8, 4) is 5.75 Å². The highest BCUT2D eigenvalue weighted by Crippen LogP contribution is 2.23. The Morgan fingerprint density at radius 1 is 0.806 bits per heavy atom. The van der Waals surface area contributed by atoms with Crippen LogP contribution in [0.5, 0.6) is 5.75 Å². The van der Waals surface area contributed by atoms with Crippen molar-refractivity contribution in [2.45, 2.75) is 12.8 Å². The van der Waals surface area contributed by atoms with Crippen LogP contribution in [0.2, 0.25) is 0 Å². The Kier molecular flexibility index (Phi) is 5.84. The third-order valence-corrected chi connectivity index (χ3v) is 5.62. The van der Waals surface area contributed by atoms with Gasteiger partial charge in [0, 0.05) is 24.6 Å². The second-order valence-corrected chi connectivity index (χ2v) is 7.55. The van der Waals surface area contributed by atoms with Crippen molar-refractivity contribution >= 4 is 28.5 Å². The van der Waals surface area contributed by atoms with Crippen LogP contribution >= 0.6 is 0 Å². The molecule has 3 N–H and O–H groups in total. The van der Waals surface area contributed by atoms with Crippen molar-refractivity contribution in [2.75, 3.05) is 13.1 Å². The van der Waals surface area contributed by atoms with E-state index in [9.17, 15) is 19.5 Å². The van der Waals surface area contributed by atoms with Crippen LogP contribution in [0.25, 0.3) is 10.8 Å². The van der Waals surface area contributed by atoms with E-state index in [1.165, 1.54) is 12.1 Å². The van der Waals surface area contributed by atoms with Crippen LogP contribution in [0.15, 0.2) is 66.7 Å². The van der Waals surface area contributed by atoms with E-state index < -0.39 is 5.91 Å². The number of hydrazine groups is 1. The topological polar surface area (TPSA) is 98.7 Å². The Morgan fingerprint density at radius 2 is 1.45 bits per heavy atom. The fourth-order valence-electron chi connectivity index (χ4n) is 3.88. The summed E-state index contributed by atoms with van der Waals surface area (Å²) in [4.78, 5) is 39.4. The predicted octanol–water partition coefficient (Wildman–Crippen LogP) is 2.86. The van der Waals surface area contributed by atoms with Crippen molar-refractivity contribution in [2.24, 2.45) is 5.92 Å². The Balaban J connectivity index is 1.33. The summed E-state index contributed by atoms with van der Waals surface area (Å²) in [6.07, 6.45) is 1.02. The Bertz CT molecular complexity index is 1130. The van der Waals surface area contributed by atoms with Crippen LogP contribution in [-0.2, 0) is 4.79 Å². The van der Waals surface area contributed by atoms with Gasteiger partial charge in [0.05, 0.1) is 5.56 Å². The standard InChI is InChI=1S/C24H23N3O4/c28-21-11-4-3-9-20(21)23(30)26-25-22(29)17-12-14-27(15-13-17)24(31)19-10-5-7-16-6-1-2-8-18(16)19/h1-11,17,28H,12-15H2,(H,25,29)(H,26,30). The smallest absolute Gasteiger partial charge is 0.273 e. The Morgan fingerprint density at radius 3 is 2.23 bits per heavy atom. The molecule has 3 amide bonds. The number of hydrogen-bond acceptors (Lipinski definition) is 4. The molecule has 1 saturated heterocycles. The van der Waals surface area contributed by atoms with Gasteiger partial charge in [0.25, 0.3) is 11.8 Å². The van der Waals surface area contributed by atoms with Crippen molar-refractivity contribution < 1.29 is 19.5 Å². The molecule has 1 aliphatic heterocycles. The fourth-order valence-corrected chi connectivity index (χ4v) is 3.88. The monoisotopic (exact) mass is 417 g/mol. The van der Waals surface area contributed by atoms with Crippen LogP contribution in [0.1, 0.15) is 33.6 Å². The van der Waals surface area contributed by atoms with Gasteiger partial charge in [-0.05, 0) is 41.8 Å². The van der Waals surface area contributed by atoms with Crippen LogP contribution < -0.4 is 10.9 Å². The van der Waals surface area contributed by atoms with E-state index >= 15 is 0 Å². The lowest BCUT2D eigenvalue weighted by atomic mass is 9.95. The van der Waals surface area contributed by atoms with Gasteiger partial charge in [0.2, 0.25) is 5.91 Å². The highest BCUT2D eigenvalue weighted by molar-refractivity contribution is 6.07. The number of aromatic hydroxyl groups is 1. The van der Waals surface area contributed by atoms with Gasteiger partial charge < -0.3 is 10.0 Å². The fraction of sp³-hybridized carbons (Fsp3) is 0.208. The van der Waals surface area contributed by atoms with Gasteiger partial charge >= 0.3 is 0 Å². The molecule has 0 unspecified atom stereocenters. The van der Waals surface area contributed by atoms with E-state index in [0.29, 0.717) is 31.5 Å². The normalized spacial score (nSPS) is 14.3. The molecule has 31 heavy (non-hydrogen) atoms. The molecule has 7 heteroatoms. The molecule has 0 aromatic heterocycles. The molecule has 0 atom stereocenters. The van der Waals surface area contributed by atoms with Crippen LogP contribution in [0.4, 0.5) is 0 Å². The van der Waals surface area contributed by atoms with Crippen LogP contribution in [-0.4, -0.2) is 40.8 Å². The molecule has 1 fully saturated rings. The lowest BCUT2D eigenvalue weighted by molar-refractivity contribution is -0.127. The Hall–Kier alpha value is -3.87. The first-order chi connectivity index (χ1) is 15.0. The highest BCUT2D eigenvalue weighted by atomic mass is 16.3. The highest BCUT2D eigenvalue weighted by Gasteiger charge is 2.28. The zero-order chi connectivity index (χ0) is 21.8. The Labute approximate surface area is 179 Å². The minimum absolute atomic E-state index is 0.0384. The summed E-state index contributed by atoms with van der Waals surface area (Å²) in [5.41, 5.74) is 5.51. The summed E-state index contributed by atoms with van der Waals surface area (Å²) >= 11 is 0. The lowest BCUT2D eigenvalue weighted by Gasteiger charge is -2.31. The van der Waals surface area contributed by atoms with Crippen LogP contribution in [0.3, 0.4) is 0 Å². The van der Waals surface area contributed by atoms with E-state index in [0.717, 1.165) is 10.8 Å². The number of rotatable bonds is 3. The second kappa shape index (κ2) is 8.87. The molecule has 1 heterocycles. The minimum Gasteiger partial charge on any atom is -0.507 e. The lowest BCUT2D eigenvalue weighted by Crippen LogP contribution is -2.48. The van der Waals surface area contributed by atoms with Crippen molar-refractivity contribution in [1.82, 2.24) is 15.8 Å². The van der Waals surface area contributed by atoms with Crippen molar-refractivity contribution in [3.63, 3.8) is 0 Å². The van der Waals surface area contributed by atoms with Gasteiger partial charge in [-0.15, -0.1) is 0 Å². The molecule has 1 aliphatic rings. The van der Waals surface area contributed by atoms with Gasteiger partial charge in [0.1, 0.15) is 5.75 Å². The minimum atomic E-state index is -0.588. The largest absolute Gasteiger partial charge is 0.507 e. The summed E-state index contributed by atoms with van der Waals surface area (Å²) in [5.74, 6) is -1.39. The van der Waals surface area contributed by atoms with Crippen molar-refractivity contribution in [3.05, 3.63) is 77.9 Å². The summed E-state index contributed by atoms with van der Waals surface area (Å²) in [5, 5.41) is 11.7. The predicted molar refractivity (Wildman–Crippen MR) is 116 cm³/mol. The number of benzene rings is 3. The first kappa shape index (κ1) is 20.4. The number of carbonyl (C=O) groups is 3. The van der Waals surface area contributed by atoms with E-state index in [4.69, 9.17) is 0 Å². The maximum Gasteiger partial charge on any atom is 0.273 e. The average molecular weight is 417 g/mol. The molecule has 3 aromatic rings. The maximum absolute atomic E-state index is 13.0. The molecular formula is C24H23N3O4. The number of amides is 3. The molecular weight excluding hydrogens is 394 g/mol. The molecule has 158 valence electrons. The number of hydrogen-bond donors (Lipinski definition) is 3. The molecule has 3 aromatic carbocycles. The quantitative estimate of drug-likeness (QED) is 0.571. The second-order valence-electron chi connectivity index (χ2n) is 7.55. The number of phenols is 1. The SMILES string of the molecule is O=C(NNC(=O)C1CCN(C(=O)c2cccc3ccccc23)CC1)c1ccccc1O. The summed E-state index contributed by atoms with van der Waals surface area (Å²) in [6.45, 7) is 0.932. The number of nitrogens with one attached hydrogen (secondary N) is 2. The first-order valence-electron chi connectivity index (χ1n) is 10.2. The number of likely N-dealkylation sites (tertiary alicyclic amines) is 1. The average Bonchev–Trinajstić information content (AvgIpc) is 2.82. The molecule has 0 radical (unpaired) electrons. The summed E-state index contributed by atoms with van der Waals surface area (Å²) < 4.78 is 0. The van der Waals surface area contributed by atoms with Gasteiger partial charge in [0.15, 0.2) is 0 Å². The number of para-hydroxylation sites is 1. The molecule has 4 rings (SSSR count).